The highest BCUT2D eigenvalue weighted by atomic mass is 19.4. The number of alkyl halides is 3. The fourth-order valence-electron chi connectivity index (χ4n) is 2.41. The molecular weight excluding hydrogens is 253 g/mol. The summed E-state index contributed by atoms with van der Waals surface area (Å²) in [7, 11) is 0. The maximum Gasteiger partial charge on any atom is 0.416 e. The topological polar surface area (TPSA) is 17.8 Å². The van der Waals surface area contributed by atoms with Crippen LogP contribution >= 0.6 is 0 Å². The lowest BCUT2D eigenvalue weighted by atomic mass is 10.1. The SMILES string of the molecule is FC(F)(F)c1cccc(-c2cn3c(n2)CCCC3)c1. The second kappa shape index (κ2) is 4.40. The van der Waals surface area contributed by atoms with Crippen molar-refractivity contribution in [2.24, 2.45) is 0 Å². The number of benzene rings is 1. The van der Waals surface area contributed by atoms with Gasteiger partial charge in [0, 0.05) is 24.7 Å². The lowest BCUT2D eigenvalue weighted by molar-refractivity contribution is -0.137. The van der Waals surface area contributed by atoms with E-state index in [9.17, 15) is 13.2 Å². The van der Waals surface area contributed by atoms with Gasteiger partial charge in [0.1, 0.15) is 5.82 Å². The fraction of sp³-hybridized carbons (Fsp3) is 0.357. The number of fused-ring (bicyclic) bond motifs is 1. The van der Waals surface area contributed by atoms with Crippen molar-refractivity contribution in [3.8, 4) is 11.3 Å². The zero-order chi connectivity index (χ0) is 13.5. The Balaban J connectivity index is 2.00. The van der Waals surface area contributed by atoms with E-state index in [1.165, 1.54) is 6.07 Å². The van der Waals surface area contributed by atoms with Gasteiger partial charge in [0.15, 0.2) is 0 Å². The number of nitrogens with zero attached hydrogens (tertiary/aromatic N) is 2. The van der Waals surface area contributed by atoms with E-state index >= 15 is 0 Å². The fourth-order valence-corrected chi connectivity index (χ4v) is 2.41. The molecule has 1 aromatic heterocycles. The van der Waals surface area contributed by atoms with Crippen molar-refractivity contribution in [3.63, 3.8) is 0 Å². The average Bonchev–Trinajstić information content (AvgIpc) is 2.81. The second-order valence-corrected chi connectivity index (χ2v) is 4.77. The number of aromatic nitrogens is 2. The van der Waals surface area contributed by atoms with Gasteiger partial charge in [-0.05, 0) is 25.0 Å². The molecule has 0 saturated heterocycles. The van der Waals surface area contributed by atoms with Crippen LogP contribution in [0.25, 0.3) is 11.3 Å². The largest absolute Gasteiger partial charge is 0.416 e. The monoisotopic (exact) mass is 266 g/mol. The maximum atomic E-state index is 12.7. The molecule has 0 fully saturated rings. The van der Waals surface area contributed by atoms with Gasteiger partial charge in [-0.3, -0.25) is 0 Å². The summed E-state index contributed by atoms with van der Waals surface area (Å²) >= 11 is 0. The molecular formula is C14H13F3N2. The van der Waals surface area contributed by atoms with Crippen molar-refractivity contribution in [1.29, 1.82) is 0 Å². The molecule has 2 aromatic rings. The summed E-state index contributed by atoms with van der Waals surface area (Å²) < 4.78 is 40.1. The highest BCUT2D eigenvalue weighted by molar-refractivity contribution is 5.60. The third-order valence-electron chi connectivity index (χ3n) is 3.39. The highest BCUT2D eigenvalue weighted by Gasteiger charge is 2.30. The quantitative estimate of drug-likeness (QED) is 0.765. The summed E-state index contributed by atoms with van der Waals surface area (Å²) in [5.41, 5.74) is 0.524. The Labute approximate surface area is 108 Å². The van der Waals surface area contributed by atoms with Crippen molar-refractivity contribution in [3.05, 3.63) is 41.9 Å². The van der Waals surface area contributed by atoms with Gasteiger partial charge in [0.2, 0.25) is 0 Å². The predicted molar refractivity (Wildman–Crippen MR) is 65.6 cm³/mol. The minimum atomic E-state index is -4.31. The third-order valence-corrected chi connectivity index (χ3v) is 3.39. The van der Waals surface area contributed by atoms with Gasteiger partial charge >= 0.3 is 6.18 Å². The van der Waals surface area contributed by atoms with Crippen molar-refractivity contribution >= 4 is 0 Å². The smallest absolute Gasteiger partial charge is 0.334 e. The van der Waals surface area contributed by atoms with Crippen molar-refractivity contribution in [1.82, 2.24) is 9.55 Å². The van der Waals surface area contributed by atoms with Gasteiger partial charge in [0.05, 0.1) is 11.3 Å². The molecule has 5 heteroatoms. The predicted octanol–water partition coefficient (Wildman–Crippen LogP) is 3.91. The van der Waals surface area contributed by atoms with Crippen LogP contribution in [0.3, 0.4) is 0 Å². The Hall–Kier alpha value is -1.78. The summed E-state index contributed by atoms with van der Waals surface area (Å²) in [4.78, 5) is 4.44. The van der Waals surface area contributed by atoms with Crippen LogP contribution in [-0.4, -0.2) is 9.55 Å². The van der Waals surface area contributed by atoms with Crippen molar-refractivity contribution in [2.75, 3.05) is 0 Å². The van der Waals surface area contributed by atoms with Crippen LogP contribution in [0.2, 0.25) is 0 Å². The first-order valence-corrected chi connectivity index (χ1v) is 6.28. The zero-order valence-electron chi connectivity index (χ0n) is 10.2. The second-order valence-electron chi connectivity index (χ2n) is 4.77. The molecule has 1 aliphatic heterocycles. The molecule has 1 aliphatic rings. The molecule has 1 aromatic carbocycles. The van der Waals surface area contributed by atoms with E-state index in [0.717, 1.165) is 43.8 Å². The van der Waals surface area contributed by atoms with Gasteiger partial charge in [-0.1, -0.05) is 12.1 Å². The van der Waals surface area contributed by atoms with Crippen LogP contribution in [-0.2, 0) is 19.1 Å². The van der Waals surface area contributed by atoms with E-state index in [4.69, 9.17) is 0 Å². The van der Waals surface area contributed by atoms with Gasteiger partial charge in [-0.2, -0.15) is 13.2 Å². The molecule has 3 rings (SSSR count). The van der Waals surface area contributed by atoms with E-state index in [1.54, 1.807) is 6.07 Å². The van der Waals surface area contributed by atoms with E-state index in [1.807, 2.05) is 10.8 Å². The van der Waals surface area contributed by atoms with Gasteiger partial charge in [-0.15, -0.1) is 0 Å². The van der Waals surface area contributed by atoms with Crippen molar-refractivity contribution in [2.45, 2.75) is 32.0 Å². The molecule has 2 nitrogen and oxygen atoms in total. The molecule has 0 unspecified atom stereocenters. The van der Waals surface area contributed by atoms with Crippen LogP contribution in [0.5, 0.6) is 0 Å². The minimum absolute atomic E-state index is 0.525. The first kappa shape index (κ1) is 12.3. The summed E-state index contributed by atoms with van der Waals surface area (Å²) in [6.07, 6.45) is 0.642. The lowest BCUT2D eigenvalue weighted by Crippen LogP contribution is -2.08. The number of hydrogen-bond donors (Lipinski definition) is 0. The van der Waals surface area contributed by atoms with Gasteiger partial charge < -0.3 is 4.57 Å². The molecule has 0 atom stereocenters. The molecule has 2 heterocycles. The molecule has 100 valence electrons. The van der Waals surface area contributed by atoms with Crippen molar-refractivity contribution < 1.29 is 13.2 Å². The first-order chi connectivity index (χ1) is 9.04. The van der Waals surface area contributed by atoms with E-state index in [2.05, 4.69) is 4.98 Å². The molecule has 0 N–H and O–H groups in total. The summed E-state index contributed by atoms with van der Waals surface area (Å²) in [6.45, 7) is 0.904. The zero-order valence-corrected chi connectivity index (χ0v) is 10.2. The van der Waals surface area contributed by atoms with Crippen LogP contribution in [0, 0.1) is 0 Å². The van der Waals surface area contributed by atoms with Gasteiger partial charge in [0.25, 0.3) is 0 Å². The van der Waals surface area contributed by atoms with E-state index in [0.29, 0.717) is 11.3 Å². The standard InChI is InChI=1S/C14H13F3N2/c15-14(16,17)11-5-3-4-10(8-11)12-9-19-7-2-1-6-13(19)18-12/h3-5,8-9H,1-2,6-7H2. The molecule has 19 heavy (non-hydrogen) atoms. The number of imidazole rings is 1. The molecule has 0 aliphatic carbocycles. The highest BCUT2D eigenvalue weighted by Crippen LogP contribution is 2.32. The van der Waals surface area contributed by atoms with Crippen LogP contribution < -0.4 is 0 Å². The maximum absolute atomic E-state index is 12.7. The molecule has 0 amide bonds. The van der Waals surface area contributed by atoms with Gasteiger partial charge in [-0.25, -0.2) is 4.98 Å². The number of aryl methyl sites for hydroxylation is 2. The third kappa shape index (κ3) is 2.37. The van der Waals surface area contributed by atoms with Crippen LogP contribution in [0.15, 0.2) is 30.5 Å². The van der Waals surface area contributed by atoms with E-state index in [-0.39, 0.29) is 0 Å². The number of rotatable bonds is 1. The number of halogens is 3. The normalized spacial score (nSPS) is 15.3. The summed E-state index contributed by atoms with van der Waals surface area (Å²) in [5, 5.41) is 0. The molecule has 0 radical (unpaired) electrons. The van der Waals surface area contributed by atoms with Crippen LogP contribution in [0.1, 0.15) is 24.2 Å². The summed E-state index contributed by atoms with van der Waals surface area (Å²) in [6, 6.07) is 5.34. The Morgan fingerprint density at radius 2 is 2.00 bits per heavy atom. The Morgan fingerprint density at radius 3 is 2.74 bits per heavy atom. The Morgan fingerprint density at radius 1 is 1.16 bits per heavy atom. The molecule has 0 spiro atoms. The Kier molecular flexibility index (Phi) is 2.84. The lowest BCUT2D eigenvalue weighted by Gasteiger charge is -2.11. The average molecular weight is 266 g/mol. The van der Waals surface area contributed by atoms with Crippen LogP contribution in [0.4, 0.5) is 13.2 Å². The Bertz CT molecular complexity index is 575. The molecule has 0 saturated carbocycles. The minimum Gasteiger partial charge on any atom is -0.334 e. The van der Waals surface area contributed by atoms with E-state index < -0.39 is 11.7 Å². The molecule has 0 bridgehead atoms. The number of hydrogen-bond acceptors (Lipinski definition) is 1. The summed E-state index contributed by atoms with van der Waals surface area (Å²) in [5.74, 6) is 0.971. The first-order valence-electron chi connectivity index (χ1n) is 6.28.